The van der Waals surface area contributed by atoms with Gasteiger partial charge in [0.05, 0.1) is 5.02 Å². The molecule has 3 aromatic rings. The number of benzene rings is 1. The standard InChI is InChI=1S/C13H6ClN5O2S/c14-9-4-2-1-3-8(9)12-17-18-13(22-12)16-11(20)10-5-7(6-15)19-21-10/h1-5H,(H,16,18,20). The molecule has 3 rings (SSSR count). The molecule has 1 N–H and O–H groups in total. The van der Waals surface area contributed by atoms with Crippen LogP contribution in [0.1, 0.15) is 16.2 Å². The van der Waals surface area contributed by atoms with Crippen molar-refractivity contribution in [3.63, 3.8) is 0 Å². The number of nitrogens with zero attached hydrogens (tertiary/aromatic N) is 4. The highest BCUT2D eigenvalue weighted by molar-refractivity contribution is 7.18. The third-order valence-electron chi connectivity index (χ3n) is 2.60. The molecule has 0 fully saturated rings. The lowest BCUT2D eigenvalue weighted by atomic mass is 10.2. The van der Waals surface area contributed by atoms with Crippen molar-refractivity contribution in [3.8, 4) is 16.6 Å². The van der Waals surface area contributed by atoms with Crippen LogP contribution in [0.15, 0.2) is 34.9 Å². The van der Waals surface area contributed by atoms with E-state index in [1.165, 1.54) is 17.4 Å². The maximum Gasteiger partial charge on any atom is 0.296 e. The number of aromatic nitrogens is 3. The van der Waals surface area contributed by atoms with Crippen LogP contribution in [-0.4, -0.2) is 21.3 Å². The fourth-order valence-corrected chi connectivity index (χ4v) is 2.67. The predicted molar refractivity (Wildman–Crippen MR) is 79.5 cm³/mol. The van der Waals surface area contributed by atoms with E-state index in [1.807, 2.05) is 18.2 Å². The lowest BCUT2D eigenvalue weighted by molar-refractivity contribution is 0.0988. The highest BCUT2D eigenvalue weighted by atomic mass is 35.5. The number of halogens is 1. The molecule has 2 heterocycles. The smallest absolute Gasteiger partial charge is 0.296 e. The molecule has 0 radical (unpaired) electrons. The van der Waals surface area contributed by atoms with Crippen LogP contribution in [0.3, 0.4) is 0 Å². The molecule has 7 nitrogen and oxygen atoms in total. The minimum absolute atomic E-state index is 0.0270. The van der Waals surface area contributed by atoms with E-state index in [-0.39, 0.29) is 16.6 Å². The fourth-order valence-electron chi connectivity index (χ4n) is 1.61. The summed E-state index contributed by atoms with van der Waals surface area (Å²) in [6.07, 6.45) is 0. The van der Waals surface area contributed by atoms with E-state index in [4.69, 9.17) is 21.4 Å². The maximum absolute atomic E-state index is 11.9. The molecule has 0 unspecified atom stereocenters. The summed E-state index contributed by atoms with van der Waals surface area (Å²) in [4.78, 5) is 11.9. The third-order valence-corrected chi connectivity index (χ3v) is 3.80. The zero-order valence-electron chi connectivity index (χ0n) is 10.8. The van der Waals surface area contributed by atoms with Gasteiger partial charge in [0.2, 0.25) is 10.9 Å². The van der Waals surface area contributed by atoms with Gasteiger partial charge in [0.15, 0.2) is 10.7 Å². The number of hydrogen-bond donors (Lipinski definition) is 1. The van der Waals surface area contributed by atoms with Gasteiger partial charge in [-0.15, -0.1) is 10.2 Å². The molecule has 0 saturated carbocycles. The second kappa shape index (κ2) is 5.93. The monoisotopic (exact) mass is 331 g/mol. The molecule has 0 spiro atoms. The van der Waals surface area contributed by atoms with E-state index in [0.29, 0.717) is 10.0 Å². The van der Waals surface area contributed by atoms with Crippen LogP contribution in [0.4, 0.5) is 5.13 Å². The van der Waals surface area contributed by atoms with Gasteiger partial charge < -0.3 is 4.52 Å². The van der Waals surface area contributed by atoms with Gasteiger partial charge in [-0.25, -0.2) is 0 Å². The van der Waals surface area contributed by atoms with E-state index in [0.717, 1.165) is 5.56 Å². The van der Waals surface area contributed by atoms with Crippen LogP contribution in [-0.2, 0) is 0 Å². The maximum atomic E-state index is 11.9. The molecular formula is C13H6ClN5O2S. The summed E-state index contributed by atoms with van der Waals surface area (Å²) < 4.78 is 4.75. The topological polar surface area (TPSA) is 105 Å². The number of rotatable bonds is 3. The summed E-state index contributed by atoms with van der Waals surface area (Å²) in [5.74, 6) is -0.637. The average Bonchev–Trinajstić information content (AvgIpc) is 3.16. The van der Waals surface area contributed by atoms with E-state index in [9.17, 15) is 4.79 Å². The summed E-state index contributed by atoms with van der Waals surface area (Å²) in [5.41, 5.74) is 0.757. The van der Waals surface area contributed by atoms with Crippen LogP contribution in [0.5, 0.6) is 0 Å². The normalized spacial score (nSPS) is 10.2. The first kappa shape index (κ1) is 14.2. The van der Waals surface area contributed by atoms with Gasteiger partial charge in [-0.1, -0.05) is 46.3 Å². The number of nitrogens with one attached hydrogen (secondary N) is 1. The van der Waals surface area contributed by atoms with Crippen LogP contribution in [0.2, 0.25) is 5.02 Å². The Hall–Kier alpha value is -2.76. The highest BCUT2D eigenvalue weighted by Gasteiger charge is 2.16. The molecule has 1 amide bonds. The number of anilines is 1. The summed E-state index contributed by atoms with van der Waals surface area (Å²) in [7, 11) is 0. The number of carbonyl (C=O) groups excluding carboxylic acids is 1. The molecule has 0 saturated heterocycles. The minimum atomic E-state index is -0.559. The summed E-state index contributed by atoms with van der Waals surface area (Å²) in [6, 6.07) is 10.2. The fraction of sp³-hybridized carbons (Fsp3) is 0. The second-order valence-corrected chi connectivity index (χ2v) is 5.42. The summed E-state index contributed by atoms with van der Waals surface area (Å²) in [5, 5.41) is 23.9. The Morgan fingerprint density at radius 3 is 2.91 bits per heavy atom. The van der Waals surface area contributed by atoms with E-state index < -0.39 is 5.91 Å². The Labute approximate surface area is 133 Å². The molecule has 1 aromatic carbocycles. The van der Waals surface area contributed by atoms with E-state index in [2.05, 4.69) is 20.7 Å². The quantitative estimate of drug-likeness (QED) is 0.791. The Morgan fingerprint density at radius 1 is 1.36 bits per heavy atom. The van der Waals surface area contributed by atoms with Gasteiger partial charge in [-0.2, -0.15) is 5.26 Å². The van der Waals surface area contributed by atoms with Gasteiger partial charge in [-0.05, 0) is 6.07 Å². The Bertz CT molecular complexity index is 882. The lowest BCUT2D eigenvalue weighted by Crippen LogP contribution is -2.10. The average molecular weight is 332 g/mol. The molecule has 2 aromatic heterocycles. The Balaban J connectivity index is 1.79. The van der Waals surface area contributed by atoms with Crippen molar-refractivity contribution in [3.05, 3.63) is 46.8 Å². The van der Waals surface area contributed by atoms with Gasteiger partial charge in [0, 0.05) is 11.6 Å². The summed E-state index contributed by atoms with van der Waals surface area (Å²) in [6.45, 7) is 0. The molecule has 0 aliphatic rings. The van der Waals surface area contributed by atoms with Crippen molar-refractivity contribution in [2.24, 2.45) is 0 Å². The Morgan fingerprint density at radius 2 is 2.18 bits per heavy atom. The zero-order valence-corrected chi connectivity index (χ0v) is 12.4. The van der Waals surface area contributed by atoms with Crippen LogP contribution >= 0.6 is 22.9 Å². The molecular weight excluding hydrogens is 326 g/mol. The van der Waals surface area contributed by atoms with Crippen molar-refractivity contribution < 1.29 is 9.32 Å². The first-order valence-corrected chi connectivity index (χ1v) is 7.13. The van der Waals surface area contributed by atoms with Crippen molar-refractivity contribution in [1.29, 1.82) is 5.26 Å². The van der Waals surface area contributed by atoms with Crippen molar-refractivity contribution in [2.45, 2.75) is 0 Å². The minimum Gasteiger partial charge on any atom is -0.350 e. The highest BCUT2D eigenvalue weighted by Crippen LogP contribution is 2.31. The van der Waals surface area contributed by atoms with Gasteiger partial charge >= 0.3 is 0 Å². The van der Waals surface area contributed by atoms with Crippen molar-refractivity contribution in [2.75, 3.05) is 5.32 Å². The number of nitriles is 1. The molecule has 0 atom stereocenters. The van der Waals surface area contributed by atoms with Gasteiger partial charge in [-0.3, -0.25) is 10.1 Å². The number of hydrogen-bond acceptors (Lipinski definition) is 7. The first-order valence-electron chi connectivity index (χ1n) is 5.94. The van der Waals surface area contributed by atoms with Crippen molar-refractivity contribution in [1.82, 2.24) is 15.4 Å². The Kier molecular flexibility index (Phi) is 3.82. The largest absolute Gasteiger partial charge is 0.350 e. The molecule has 0 aliphatic carbocycles. The first-order chi connectivity index (χ1) is 10.7. The molecule has 0 bridgehead atoms. The van der Waals surface area contributed by atoms with Crippen LogP contribution in [0.25, 0.3) is 10.6 Å². The SMILES string of the molecule is N#Cc1cc(C(=O)Nc2nnc(-c3ccccc3Cl)s2)on1. The van der Waals surface area contributed by atoms with Gasteiger partial charge in [0.1, 0.15) is 6.07 Å². The number of carbonyl (C=O) groups is 1. The van der Waals surface area contributed by atoms with E-state index in [1.54, 1.807) is 12.1 Å². The second-order valence-electron chi connectivity index (χ2n) is 4.03. The van der Waals surface area contributed by atoms with Gasteiger partial charge in [0.25, 0.3) is 5.91 Å². The molecule has 22 heavy (non-hydrogen) atoms. The molecule has 108 valence electrons. The molecule has 0 aliphatic heterocycles. The van der Waals surface area contributed by atoms with Crippen molar-refractivity contribution >= 4 is 34.0 Å². The van der Waals surface area contributed by atoms with Crippen LogP contribution < -0.4 is 5.32 Å². The summed E-state index contributed by atoms with van der Waals surface area (Å²) >= 11 is 7.26. The number of amides is 1. The zero-order chi connectivity index (χ0) is 15.5. The third kappa shape index (κ3) is 2.81. The predicted octanol–water partition coefficient (Wildman–Crippen LogP) is 2.97. The van der Waals surface area contributed by atoms with Crippen LogP contribution in [0, 0.1) is 11.3 Å². The molecule has 9 heteroatoms. The lowest BCUT2D eigenvalue weighted by Gasteiger charge is -1.97. The van der Waals surface area contributed by atoms with E-state index >= 15 is 0 Å².